The first-order valence-electron chi connectivity index (χ1n) is 12.9. The summed E-state index contributed by atoms with van der Waals surface area (Å²) in [6, 6.07) is 10.5. The molecule has 1 atom stereocenters. The summed E-state index contributed by atoms with van der Waals surface area (Å²) in [6.07, 6.45) is 1.67. The molecule has 3 rings (SSSR count). The van der Waals surface area contributed by atoms with Crippen LogP contribution in [0.2, 0.25) is 5.02 Å². The van der Waals surface area contributed by atoms with E-state index in [0.717, 1.165) is 0 Å². The zero-order valence-corrected chi connectivity index (χ0v) is 24.4. The van der Waals surface area contributed by atoms with Crippen LogP contribution in [0.3, 0.4) is 0 Å². The highest BCUT2D eigenvalue weighted by Gasteiger charge is 2.26. The molecule has 220 valence electrons. The molecular weight excluding hydrogens is 558 g/mol. The normalized spacial score (nSPS) is 12.3. The number of carbonyl (C=O) groups is 2. The monoisotopic (exact) mass is 590 g/mol. The fourth-order valence-corrected chi connectivity index (χ4v) is 4.27. The molecule has 0 aliphatic rings. The van der Waals surface area contributed by atoms with Crippen LogP contribution >= 0.6 is 11.6 Å². The molecule has 0 spiro atoms. The molecule has 1 heterocycles. The van der Waals surface area contributed by atoms with E-state index >= 15 is 0 Å². The fourth-order valence-electron chi connectivity index (χ4n) is 4.10. The Morgan fingerprint density at radius 3 is 2.20 bits per heavy atom. The van der Waals surface area contributed by atoms with Gasteiger partial charge in [0.15, 0.2) is 0 Å². The lowest BCUT2D eigenvalue weighted by atomic mass is 10.0. The highest BCUT2D eigenvalue weighted by molar-refractivity contribution is 6.31. The van der Waals surface area contributed by atoms with Crippen LogP contribution in [0, 0.1) is 5.92 Å². The van der Waals surface area contributed by atoms with Gasteiger partial charge in [0.1, 0.15) is 23.1 Å². The molecule has 1 unspecified atom stereocenters. The van der Waals surface area contributed by atoms with E-state index in [0.29, 0.717) is 17.7 Å². The third-order valence-corrected chi connectivity index (χ3v) is 6.07. The first-order valence-corrected chi connectivity index (χ1v) is 13.3. The number of nitrogens with one attached hydrogen (secondary N) is 1. The third kappa shape index (κ3) is 8.53. The molecular formula is C30H33ClF2N2O6. The van der Waals surface area contributed by atoms with Crippen LogP contribution in [0.1, 0.15) is 57.4 Å². The second-order valence-corrected chi connectivity index (χ2v) is 11.2. The number of anilines is 1. The molecule has 0 bridgehead atoms. The predicted octanol–water partition coefficient (Wildman–Crippen LogP) is 6.96. The Morgan fingerprint density at radius 1 is 1.00 bits per heavy atom. The summed E-state index contributed by atoms with van der Waals surface area (Å²) in [5.41, 5.74) is -0.167. The van der Waals surface area contributed by atoms with Gasteiger partial charge in [0, 0.05) is 27.9 Å². The van der Waals surface area contributed by atoms with Gasteiger partial charge >= 0.3 is 12.6 Å². The summed E-state index contributed by atoms with van der Waals surface area (Å²) >= 11 is 6.11. The molecule has 0 fully saturated rings. The zero-order chi connectivity index (χ0) is 30.5. The number of halogens is 3. The fraction of sp³-hybridized carbons (Fsp3) is 0.367. The van der Waals surface area contributed by atoms with Crippen LogP contribution in [0.15, 0.2) is 59.5 Å². The van der Waals surface area contributed by atoms with Crippen molar-refractivity contribution >= 4 is 29.2 Å². The lowest BCUT2D eigenvalue weighted by Crippen LogP contribution is -2.34. The molecule has 0 saturated carbocycles. The maximum absolute atomic E-state index is 13.5. The number of ether oxygens (including phenoxy) is 3. The van der Waals surface area contributed by atoms with Crippen molar-refractivity contribution in [3.8, 4) is 22.6 Å². The van der Waals surface area contributed by atoms with E-state index in [-0.39, 0.29) is 33.6 Å². The largest absolute Gasteiger partial charge is 0.495 e. The van der Waals surface area contributed by atoms with Gasteiger partial charge in [-0.15, -0.1) is 0 Å². The summed E-state index contributed by atoms with van der Waals surface area (Å²) in [7, 11) is 1.36. The van der Waals surface area contributed by atoms with Crippen LogP contribution in [-0.4, -0.2) is 35.8 Å². The Balaban J connectivity index is 1.96. The highest BCUT2D eigenvalue weighted by Crippen LogP contribution is 2.38. The first kappa shape index (κ1) is 31.6. The average Bonchev–Trinajstić information content (AvgIpc) is 2.87. The highest BCUT2D eigenvalue weighted by atomic mass is 35.5. The number of pyridine rings is 1. The van der Waals surface area contributed by atoms with Crippen molar-refractivity contribution in [3.63, 3.8) is 0 Å². The second-order valence-electron chi connectivity index (χ2n) is 10.7. The van der Waals surface area contributed by atoms with Crippen molar-refractivity contribution in [2.75, 3.05) is 12.4 Å². The Bertz CT molecular complexity index is 1450. The molecule has 0 aliphatic heterocycles. The Morgan fingerprint density at radius 2 is 1.63 bits per heavy atom. The number of alkyl halides is 2. The first-order chi connectivity index (χ1) is 19.2. The van der Waals surface area contributed by atoms with Crippen molar-refractivity contribution in [2.45, 2.75) is 59.3 Å². The molecule has 0 aliphatic carbocycles. The number of carbonyl (C=O) groups excluding carboxylic acids is 2. The maximum atomic E-state index is 13.5. The van der Waals surface area contributed by atoms with Crippen molar-refractivity contribution in [2.24, 2.45) is 5.92 Å². The summed E-state index contributed by atoms with van der Waals surface area (Å²) in [6.45, 7) is 6.02. The van der Waals surface area contributed by atoms with Gasteiger partial charge in [0.05, 0.1) is 18.9 Å². The maximum Gasteiger partial charge on any atom is 0.387 e. The minimum Gasteiger partial charge on any atom is -0.495 e. The van der Waals surface area contributed by atoms with E-state index in [1.165, 1.54) is 54.3 Å². The average molecular weight is 591 g/mol. The number of methoxy groups -OCH3 is 1. The van der Waals surface area contributed by atoms with Gasteiger partial charge in [-0.3, -0.25) is 14.2 Å². The SMILES string of the molecule is COc1cn(C(CC(C)C)C(=O)Nc2ccc(C(=O)OC(C)(C)C)cc2)c(=O)cc1-c1cc(Cl)ccc1OC(F)F. The van der Waals surface area contributed by atoms with Crippen molar-refractivity contribution in [1.29, 1.82) is 0 Å². The summed E-state index contributed by atoms with van der Waals surface area (Å²) in [5, 5.41) is 3.04. The number of hydrogen-bond donors (Lipinski definition) is 1. The van der Waals surface area contributed by atoms with Gasteiger partial charge in [-0.2, -0.15) is 8.78 Å². The minimum absolute atomic E-state index is 0.0249. The van der Waals surface area contributed by atoms with Gasteiger partial charge in [0.25, 0.3) is 5.56 Å². The quantitative estimate of drug-likeness (QED) is 0.256. The van der Waals surface area contributed by atoms with Crippen molar-refractivity contribution in [1.82, 2.24) is 4.57 Å². The van der Waals surface area contributed by atoms with Gasteiger partial charge in [0.2, 0.25) is 5.91 Å². The molecule has 1 aromatic heterocycles. The molecule has 41 heavy (non-hydrogen) atoms. The number of benzene rings is 2. The van der Waals surface area contributed by atoms with E-state index in [1.54, 1.807) is 32.9 Å². The van der Waals surface area contributed by atoms with Crippen molar-refractivity contribution < 1.29 is 32.6 Å². The van der Waals surface area contributed by atoms with Crippen LogP contribution in [0.4, 0.5) is 14.5 Å². The molecule has 11 heteroatoms. The zero-order valence-electron chi connectivity index (χ0n) is 23.7. The van der Waals surface area contributed by atoms with Crippen LogP contribution in [0.25, 0.3) is 11.1 Å². The van der Waals surface area contributed by atoms with Crippen LogP contribution in [-0.2, 0) is 9.53 Å². The van der Waals surface area contributed by atoms with Crippen LogP contribution in [0.5, 0.6) is 11.5 Å². The molecule has 0 saturated heterocycles. The Labute approximate surface area is 242 Å². The molecule has 1 amide bonds. The Kier molecular flexibility index (Phi) is 10.1. The third-order valence-electron chi connectivity index (χ3n) is 5.83. The standard InChI is InChI=1S/C30H33ClF2N2O6/c1-17(2)13-23(27(37)34-20-10-7-18(8-11-20)28(38)41-30(3,4)5)35-16-25(39-6)22(15-26(35)36)21-14-19(31)9-12-24(21)40-29(32)33/h7-12,14-17,23,29H,13H2,1-6H3,(H,34,37). The van der Waals surface area contributed by atoms with Gasteiger partial charge in [-0.1, -0.05) is 25.4 Å². The van der Waals surface area contributed by atoms with E-state index in [2.05, 4.69) is 10.1 Å². The Hall–Kier alpha value is -3.92. The van der Waals surface area contributed by atoms with Gasteiger partial charge < -0.3 is 19.5 Å². The lowest BCUT2D eigenvalue weighted by molar-refractivity contribution is -0.119. The number of amides is 1. The molecule has 2 aromatic carbocycles. The predicted molar refractivity (Wildman–Crippen MR) is 153 cm³/mol. The van der Waals surface area contributed by atoms with Gasteiger partial charge in [-0.05, 0) is 75.6 Å². The molecule has 0 radical (unpaired) electrons. The number of esters is 1. The minimum atomic E-state index is -3.10. The molecule has 3 aromatic rings. The van der Waals surface area contributed by atoms with E-state index in [1.807, 2.05) is 13.8 Å². The number of hydrogen-bond acceptors (Lipinski definition) is 6. The van der Waals surface area contributed by atoms with Crippen LogP contribution < -0.4 is 20.3 Å². The van der Waals surface area contributed by atoms with E-state index in [9.17, 15) is 23.2 Å². The molecule has 1 N–H and O–H groups in total. The summed E-state index contributed by atoms with van der Waals surface area (Å²) in [5.74, 6) is -0.976. The summed E-state index contributed by atoms with van der Waals surface area (Å²) in [4.78, 5) is 39.1. The smallest absolute Gasteiger partial charge is 0.387 e. The van der Waals surface area contributed by atoms with Gasteiger partial charge in [-0.25, -0.2) is 4.79 Å². The second kappa shape index (κ2) is 13.2. The number of nitrogens with zero attached hydrogens (tertiary/aromatic N) is 1. The molecule has 8 nitrogen and oxygen atoms in total. The number of rotatable bonds is 10. The summed E-state index contributed by atoms with van der Waals surface area (Å²) < 4.78 is 42.8. The number of aromatic nitrogens is 1. The lowest BCUT2D eigenvalue weighted by Gasteiger charge is -2.23. The topological polar surface area (TPSA) is 95.9 Å². The van der Waals surface area contributed by atoms with E-state index < -0.39 is 35.7 Å². The van der Waals surface area contributed by atoms with E-state index in [4.69, 9.17) is 21.1 Å². The van der Waals surface area contributed by atoms with Crippen molar-refractivity contribution in [3.05, 3.63) is 75.7 Å².